The summed E-state index contributed by atoms with van der Waals surface area (Å²) in [6.45, 7) is 1.76. The monoisotopic (exact) mass is 331 g/mol. The minimum Gasteiger partial charge on any atom is -0.312 e. The van der Waals surface area contributed by atoms with Crippen molar-refractivity contribution in [1.82, 2.24) is 20.1 Å². The number of aromatic nitrogens is 3. The van der Waals surface area contributed by atoms with Gasteiger partial charge in [-0.05, 0) is 24.1 Å². The molecule has 0 bridgehead atoms. The van der Waals surface area contributed by atoms with Crippen molar-refractivity contribution in [1.29, 1.82) is 0 Å². The Hall–Kier alpha value is -1.86. The van der Waals surface area contributed by atoms with Crippen LogP contribution < -0.4 is 10.6 Å². The zero-order valence-electron chi connectivity index (χ0n) is 12.9. The zero-order valence-corrected chi connectivity index (χ0v) is 13.8. The Morgan fingerprint density at radius 1 is 1.39 bits per heavy atom. The van der Waals surface area contributed by atoms with E-state index in [1.807, 2.05) is 40.8 Å². The molecular weight excluding hydrogens is 310 g/mol. The third kappa shape index (κ3) is 5.07. The molecule has 7 heteroatoms. The number of anilines is 1. The van der Waals surface area contributed by atoms with E-state index in [4.69, 9.17) is 0 Å². The number of hydrogen-bond acceptors (Lipinski definition) is 5. The van der Waals surface area contributed by atoms with Crippen molar-refractivity contribution in [3.63, 3.8) is 0 Å². The number of pyridine rings is 1. The first kappa shape index (κ1) is 16.0. The smallest absolute Gasteiger partial charge is 0.227 e. The molecule has 1 aliphatic heterocycles. The fourth-order valence-corrected chi connectivity index (χ4v) is 3.46. The van der Waals surface area contributed by atoms with Gasteiger partial charge in [0.1, 0.15) is 0 Å². The SMILES string of the molecule is O=C(CC1CSCCN1)Nc1ccn(CCc2ccncc2)n1. The summed E-state index contributed by atoms with van der Waals surface area (Å²) < 4.78 is 1.85. The van der Waals surface area contributed by atoms with Crippen LogP contribution >= 0.6 is 11.8 Å². The van der Waals surface area contributed by atoms with Crippen LogP contribution in [0.1, 0.15) is 12.0 Å². The molecule has 1 amide bonds. The van der Waals surface area contributed by atoms with Crippen molar-refractivity contribution in [2.24, 2.45) is 0 Å². The number of carbonyl (C=O) groups excluding carboxylic acids is 1. The summed E-state index contributed by atoms with van der Waals surface area (Å²) in [6, 6.07) is 6.11. The van der Waals surface area contributed by atoms with Crippen molar-refractivity contribution < 1.29 is 4.79 Å². The fourth-order valence-electron chi connectivity index (χ4n) is 2.51. The van der Waals surface area contributed by atoms with E-state index in [-0.39, 0.29) is 11.9 Å². The Morgan fingerprint density at radius 2 is 2.26 bits per heavy atom. The number of thioether (sulfide) groups is 1. The largest absolute Gasteiger partial charge is 0.312 e. The summed E-state index contributed by atoms with van der Waals surface area (Å²) >= 11 is 1.89. The van der Waals surface area contributed by atoms with E-state index >= 15 is 0 Å². The molecule has 1 saturated heterocycles. The standard InChI is InChI=1S/C16H21N5OS/c22-16(11-14-12-23-10-7-18-14)19-15-4-9-21(20-15)8-3-13-1-5-17-6-2-13/h1-2,4-6,9,14,18H,3,7-8,10-12H2,(H,19,20,22). The number of amides is 1. The number of hydrogen-bond donors (Lipinski definition) is 2. The molecule has 1 atom stereocenters. The van der Waals surface area contributed by atoms with Crippen molar-refractivity contribution in [2.45, 2.75) is 25.4 Å². The molecular formula is C16H21N5OS. The molecule has 0 spiro atoms. The van der Waals surface area contributed by atoms with Crippen LogP contribution in [-0.4, -0.2) is 44.8 Å². The van der Waals surface area contributed by atoms with Crippen LogP contribution in [0.2, 0.25) is 0 Å². The Balaban J connectivity index is 1.45. The molecule has 6 nitrogen and oxygen atoms in total. The molecule has 0 aromatic carbocycles. The number of rotatable bonds is 6. The lowest BCUT2D eigenvalue weighted by Crippen LogP contribution is -2.39. The van der Waals surface area contributed by atoms with E-state index in [2.05, 4.69) is 20.7 Å². The Labute approximate surface area is 140 Å². The van der Waals surface area contributed by atoms with Crippen LogP contribution in [0.4, 0.5) is 5.82 Å². The van der Waals surface area contributed by atoms with E-state index in [1.165, 1.54) is 5.56 Å². The van der Waals surface area contributed by atoms with Crippen LogP contribution in [0.3, 0.4) is 0 Å². The van der Waals surface area contributed by atoms with E-state index in [9.17, 15) is 4.79 Å². The van der Waals surface area contributed by atoms with Gasteiger partial charge in [-0.1, -0.05) is 0 Å². The molecule has 122 valence electrons. The Bertz CT molecular complexity index is 624. The van der Waals surface area contributed by atoms with Gasteiger partial charge in [-0.3, -0.25) is 14.5 Å². The first-order chi connectivity index (χ1) is 11.3. The van der Waals surface area contributed by atoms with Gasteiger partial charge in [0.25, 0.3) is 0 Å². The van der Waals surface area contributed by atoms with Gasteiger partial charge in [0.2, 0.25) is 5.91 Å². The highest BCUT2D eigenvalue weighted by atomic mass is 32.2. The molecule has 1 aliphatic rings. The average molecular weight is 331 g/mol. The second-order valence-corrected chi connectivity index (χ2v) is 6.70. The van der Waals surface area contributed by atoms with Crippen molar-refractivity contribution in [3.05, 3.63) is 42.4 Å². The highest BCUT2D eigenvalue weighted by Gasteiger charge is 2.17. The highest BCUT2D eigenvalue weighted by Crippen LogP contribution is 2.11. The predicted molar refractivity (Wildman–Crippen MR) is 92.5 cm³/mol. The van der Waals surface area contributed by atoms with Crippen LogP contribution in [-0.2, 0) is 17.8 Å². The maximum Gasteiger partial charge on any atom is 0.227 e. The lowest BCUT2D eigenvalue weighted by Gasteiger charge is -2.22. The second kappa shape index (κ2) is 8.12. The van der Waals surface area contributed by atoms with Gasteiger partial charge >= 0.3 is 0 Å². The first-order valence-corrected chi connectivity index (χ1v) is 8.98. The van der Waals surface area contributed by atoms with Gasteiger partial charge < -0.3 is 10.6 Å². The second-order valence-electron chi connectivity index (χ2n) is 5.55. The zero-order chi connectivity index (χ0) is 15.9. The minimum atomic E-state index is 0.0179. The van der Waals surface area contributed by atoms with Crippen molar-refractivity contribution in [3.8, 4) is 0 Å². The summed E-state index contributed by atoms with van der Waals surface area (Å²) in [5.41, 5.74) is 1.22. The third-order valence-corrected chi connectivity index (χ3v) is 4.85. The summed E-state index contributed by atoms with van der Waals surface area (Å²) in [5, 5.41) is 10.6. The lowest BCUT2D eigenvalue weighted by atomic mass is 10.2. The highest BCUT2D eigenvalue weighted by molar-refractivity contribution is 7.99. The van der Waals surface area contributed by atoms with E-state index in [0.29, 0.717) is 12.2 Å². The molecule has 3 rings (SSSR count). The number of nitrogens with one attached hydrogen (secondary N) is 2. The maximum absolute atomic E-state index is 12.1. The molecule has 1 unspecified atom stereocenters. The molecule has 2 aromatic heterocycles. The van der Waals surface area contributed by atoms with Crippen molar-refractivity contribution in [2.75, 3.05) is 23.4 Å². The Morgan fingerprint density at radius 3 is 3.04 bits per heavy atom. The summed E-state index contributed by atoms with van der Waals surface area (Å²) in [6.07, 6.45) is 6.87. The summed E-state index contributed by atoms with van der Waals surface area (Å²) in [4.78, 5) is 16.1. The van der Waals surface area contributed by atoms with Gasteiger partial charge in [0.15, 0.2) is 5.82 Å². The molecule has 23 heavy (non-hydrogen) atoms. The number of carbonyl (C=O) groups is 1. The Kier molecular flexibility index (Phi) is 5.65. The van der Waals surface area contributed by atoms with Crippen LogP contribution in [0.15, 0.2) is 36.8 Å². The topological polar surface area (TPSA) is 71.8 Å². The summed E-state index contributed by atoms with van der Waals surface area (Å²) in [7, 11) is 0. The van der Waals surface area contributed by atoms with Crippen LogP contribution in [0.25, 0.3) is 0 Å². The first-order valence-electron chi connectivity index (χ1n) is 7.83. The third-order valence-electron chi connectivity index (χ3n) is 3.72. The normalized spacial score (nSPS) is 17.8. The van der Waals surface area contributed by atoms with Gasteiger partial charge in [0.05, 0.1) is 0 Å². The van der Waals surface area contributed by atoms with E-state index in [1.54, 1.807) is 12.4 Å². The quantitative estimate of drug-likeness (QED) is 0.840. The summed E-state index contributed by atoms with van der Waals surface area (Å²) in [5.74, 6) is 2.76. The molecule has 0 saturated carbocycles. The van der Waals surface area contributed by atoms with Crippen LogP contribution in [0.5, 0.6) is 0 Å². The van der Waals surface area contributed by atoms with Gasteiger partial charge in [-0.2, -0.15) is 16.9 Å². The molecule has 0 radical (unpaired) electrons. The van der Waals surface area contributed by atoms with Gasteiger partial charge in [-0.25, -0.2) is 0 Å². The van der Waals surface area contributed by atoms with Crippen molar-refractivity contribution >= 4 is 23.5 Å². The van der Waals surface area contributed by atoms with E-state index in [0.717, 1.165) is 31.0 Å². The molecule has 3 heterocycles. The van der Waals surface area contributed by atoms with Gasteiger partial charge in [-0.15, -0.1) is 0 Å². The fraction of sp³-hybridized carbons (Fsp3) is 0.438. The molecule has 2 aromatic rings. The lowest BCUT2D eigenvalue weighted by molar-refractivity contribution is -0.116. The van der Waals surface area contributed by atoms with Gasteiger partial charge in [0, 0.05) is 61.7 Å². The number of aryl methyl sites for hydroxylation is 2. The minimum absolute atomic E-state index is 0.0179. The average Bonchev–Trinajstić information content (AvgIpc) is 3.02. The van der Waals surface area contributed by atoms with E-state index < -0.39 is 0 Å². The molecule has 2 N–H and O–H groups in total. The predicted octanol–water partition coefficient (Wildman–Crippen LogP) is 1.55. The maximum atomic E-state index is 12.1. The molecule has 1 fully saturated rings. The number of nitrogens with zero attached hydrogens (tertiary/aromatic N) is 3. The van der Waals surface area contributed by atoms with Crippen LogP contribution in [0, 0.1) is 0 Å². The molecule has 0 aliphatic carbocycles.